The maximum atomic E-state index is 13.2. The topological polar surface area (TPSA) is 84.9 Å². The fraction of sp³-hybridized carbons (Fsp3) is 0.333. The van der Waals surface area contributed by atoms with Gasteiger partial charge in [0, 0.05) is 37.8 Å². The third kappa shape index (κ3) is 4.26. The maximum absolute atomic E-state index is 13.2. The molecule has 5 rings (SSSR count). The number of ether oxygens (including phenoxy) is 2. The first-order valence-electron chi connectivity index (χ1n) is 11.0. The van der Waals surface area contributed by atoms with Gasteiger partial charge in [-0.05, 0) is 55.3 Å². The molecule has 0 aliphatic carbocycles. The van der Waals surface area contributed by atoms with Gasteiger partial charge in [0.1, 0.15) is 13.2 Å². The number of hydrogen-bond donors (Lipinski definition) is 0. The standard InChI is InChI=1S/C24H26N4O4S/c1-17-3-4-19(15-18(17)2)21-6-8-24(26-25-21)27-9-11-28(12-10-27)33(29,30)20-5-7-22-23(16-20)32-14-13-31-22/h3-8,15-16H,9-14H2,1-2H3. The van der Waals surface area contributed by atoms with Crippen LogP contribution in [0.4, 0.5) is 5.82 Å². The average molecular weight is 467 g/mol. The third-order valence-electron chi connectivity index (χ3n) is 6.17. The molecule has 0 radical (unpaired) electrons. The van der Waals surface area contributed by atoms with E-state index in [0.717, 1.165) is 17.1 Å². The quantitative estimate of drug-likeness (QED) is 0.584. The smallest absolute Gasteiger partial charge is 0.243 e. The number of benzene rings is 2. The van der Waals surface area contributed by atoms with Gasteiger partial charge >= 0.3 is 0 Å². The minimum atomic E-state index is -3.62. The van der Waals surface area contributed by atoms with Crippen LogP contribution in [-0.2, 0) is 10.0 Å². The Hall–Kier alpha value is -3.17. The molecule has 33 heavy (non-hydrogen) atoms. The first kappa shape index (κ1) is 21.7. The van der Waals surface area contributed by atoms with E-state index in [1.807, 2.05) is 18.2 Å². The molecule has 3 heterocycles. The van der Waals surface area contributed by atoms with E-state index >= 15 is 0 Å². The molecule has 0 N–H and O–H groups in total. The van der Waals surface area contributed by atoms with Crippen molar-refractivity contribution in [1.82, 2.24) is 14.5 Å². The molecule has 0 amide bonds. The molecule has 9 heteroatoms. The number of hydrogen-bond acceptors (Lipinski definition) is 7. The number of anilines is 1. The highest BCUT2D eigenvalue weighted by Gasteiger charge is 2.30. The van der Waals surface area contributed by atoms with Crippen LogP contribution in [0.15, 0.2) is 53.4 Å². The Kier molecular flexibility index (Phi) is 5.67. The van der Waals surface area contributed by atoms with E-state index in [1.54, 1.807) is 18.2 Å². The summed E-state index contributed by atoms with van der Waals surface area (Å²) in [6.45, 7) is 6.88. The Morgan fingerprint density at radius 3 is 2.24 bits per heavy atom. The fourth-order valence-corrected chi connectivity index (χ4v) is 5.48. The highest BCUT2D eigenvalue weighted by molar-refractivity contribution is 7.89. The molecule has 0 saturated carbocycles. The molecule has 0 bridgehead atoms. The van der Waals surface area contributed by atoms with Crippen molar-refractivity contribution in [3.63, 3.8) is 0 Å². The zero-order valence-corrected chi connectivity index (χ0v) is 19.5. The maximum Gasteiger partial charge on any atom is 0.243 e. The van der Waals surface area contributed by atoms with E-state index in [0.29, 0.717) is 50.9 Å². The molecular formula is C24H26N4O4S. The average Bonchev–Trinajstić information content (AvgIpc) is 2.85. The van der Waals surface area contributed by atoms with Gasteiger partial charge in [0.05, 0.1) is 10.6 Å². The van der Waals surface area contributed by atoms with Crippen LogP contribution in [0.2, 0.25) is 0 Å². The first-order chi connectivity index (χ1) is 15.9. The summed E-state index contributed by atoms with van der Waals surface area (Å²) in [6, 6.07) is 14.9. The number of fused-ring (bicyclic) bond motifs is 1. The van der Waals surface area contributed by atoms with E-state index in [4.69, 9.17) is 9.47 Å². The number of aryl methyl sites for hydroxylation is 2. The van der Waals surface area contributed by atoms with Crippen LogP contribution >= 0.6 is 0 Å². The predicted octanol–water partition coefficient (Wildman–Crippen LogP) is 3.04. The van der Waals surface area contributed by atoms with Crippen molar-refractivity contribution in [2.24, 2.45) is 0 Å². The second-order valence-corrected chi connectivity index (χ2v) is 10.2. The Bertz CT molecular complexity index is 1270. The van der Waals surface area contributed by atoms with Crippen molar-refractivity contribution < 1.29 is 17.9 Å². The van der Waals surface area contributed by atoms with Gasteiger partial charge in [-0.2, -0.15) is 4.31 Å². The lowest BCUT2D eigenvalue weighted by Gasteiger charge is -2.34. The third-order valence-corrected chi connectivity index (χ3v) is 8.06. The van der Waals surface area contributed by atoms with Crippen molar-refractivity contribution in [3.8, 4) is 22.8 Å². The Morgan fingerprint density at radius 1 is 0.788 bits per heavy atom. The van der Waals surface area contributed by atoms with Crippen molar-refractivity contribution in [2.45, 2.75) is 18.7 Å². The number of piperazine rings is 1. The van der Waals surface area contributed by atoms with Crippen molar-refractivity contribution in [2.75, 3.05) is 44.3 Å². The van der Waals surface area contributed by atoms with Gasteiger partial charge in [0.25, 0.3) is 0 Å². The van der Waals surface area contributed by atoms with Gasteiger partial charge in [-0.25, -0.2) is 8.42 Å². The molecule has 0 unspecified atom stereocenters. The molecule has 1 aromatic heterocycles. The Labute approximate surface area is 193 Å². The molecule has 172 valence electrons. The zero-order chi connectivity index (χ0) is 23.0. The summed E-state index contributed by atoms with van der Waals surface area (Å²) in [7, 11) is -3.62. The van der Waals surface area contributed by atoms with Crippen LogP contribution in [0.3, 0.4) is 0 Å². The lowest BCUT2D eigenvalue weighted by atomic mass is 10.0. The molecule has 2 aromatic carbocycles. The van der Waals surface area contributed by atoms with E-state index in [-0.39, 0.29) is 4.90 Å². The van der Waals surface area contributed by atoms with E-state index in [1.165, 1.54) is 15.4 Å². The van der Waals surface area contributed by atoms with Gasteiger partial charge in [0.15, 0.2) is 17.3 Å². The van der Waals surface area contributed by atoms with Gasteiger partial charge in [0.2, 0.25) is 10.0 Å². The Morgan fingerprint density at radius 2 is 1.55 bits per heavy atom. The summed E-state index contributed by atoms with van der Waals surface area (Å²) in [6.07, 6.45) is 0. The summed E-state index contributed by atoms with van der Waals surface area (Å²) >= 11 is 0. The molecule has 0 atom stereocenters. The molecule has 8 nitrogen and oxygen atoms in total. The van der Waals surface area contributed by atoms with E-state index in [9.17, 15) is 8.42 Å². The molecule has 3 aromatic rings. The lowest BCUT2D eigenvalue weighted by Crippen LogP contribution is -2.49. The SMILES string of the molecule is Cc1ccc(-c2ccc(N3CCN(S(=O)(=O)c4ccc5c(c4)OCCO5)CC3)nn2)cc1C. The summed E-state index contributed by atoms with van der Waals surface area (Å²) in [5.41, 5.74) is 4.32. The Balaban J connectivity index is 1.26. The largest absolute Gasteiger partial charge is 0.486 e. The molecule has 0 spiro atoms. The van der Waals surface area contributed by atoms with Crippen LogP contribution in [0, 0.1) is 13.8 Å². The summed E-state index contributed by atoms with van der Waals surface area (Å²) in [4.78, 5) is 2.28. The highest BCUT2D eigenvalue weighted by atomic mass is 32.2. The second-order valence-electron chi connectivity index (χ2n) is 8.27. The van der Waals surface area contributed by atoms with Crippen LogP contribution in [0.5, 0.6) is 11.5 Å². The van der Waals surface area contributed by atoms with Gasteiger partial charge in [-0.1, -0.05) is 12.1 Å². The van der Waals surface area contributed by atoms with E-state index < -0.39 is 10.0 Å². The molecule has 2 aliphatic heterocycles. The minimum Gasteiger partial charge on any atom is -0.486 e. The highest BCUT2D eigenvalue weighted by Crippen LogP contribution is 2.33. The molecule has 2 aliphatic rings. The number of nitrogens with zero attached hydrogens (tertiary/aromatic N) is 4. The number of sulfonamides is 1. The van der Waals surface area contributed by atoms with E-state index in [2.05, 4.69) is 41.1 Å². The molecule has 1 fully saturated rings. The van der Waals surface area contributed by atoms with Gasteiger partial charge < -0.3 is 14.4 Å². The first-order valence-corrected chi connectivity index (χ1v) is 12.4. The number of aromatic nitrogens is 2. The fourth-order valence-electron chi connectivity index (χ4n) is 4.04. The zero-order valence-electron chi connectivity index (χ0n) is 18.7. The summed E-state index contributed by atoms with van der Waals surface area (Å²) in [5.74, 6) is 1.80. The van der Waals surface area contributed by atoms with Crippen molar-refractivity contribution >= 4 is 15.8 Å². The molecule has 1 saturated heterocycles. The van der Waals surface area contributed by atoms with Gasteiger partial charge in [-0.3, -0.25) is 0 Å². The van der Waals surface area contributed by atoms with Crippen LogP contribution in [0.25, 0.3) is 11.3 Å². The monoisotopic (exact) mass is 466 g/mol. The predicted molar refractivity (Wildman–Crippen MR) is 125 cm³/mol. The number of rotatable bonds is 4. The minimum absolute atomic E-state index is 0.220. The van der Waals surface area contributed by atoms with Crippen LogP contribution < -0.4 is 14.4 Å². The summed E-state index contributed by atoms with van der Waals surface area (Å²) in [5, 5.41) is 8.80. The van der Waals surface area contributed by atoms with Crippen LogP contribution in [-0.4, -0.2) is 62.3 Å². The van der Waals surface area contributed by atoms with Crippen molar-refractivity contribution in [3.05, 3.63) is 59.7 Å². The normalized spacial score (nSPS) is 16.6. The summed E-state index contributed by atoms with van der Waals surface area (Å²) < 4.78 is 38.8. The van der Waals surface area contributed by atoms with Crippen LogP contribution in [0.1, 0.15) is 11.1 Å². The second kappa shape index (κ2) is 8.64. The lowest BCUT2D eigenvalue weighted by molar-refractivity contribution is 0.171. The van der Waals surface area contributed by atoms with Gasteiger partial charge in [-0.15, -0.1) is 10.2 Å². The van der Waals surface area contributed by atoms with Crippen molar-refractivity contribution in [1.29, 1.82) is 0 Å². The molecular weight excluding hydrogens is 440 g/mol.